The fraction of sp³-hybridized carbons (Fsp3) is 0.286. The maximum Gasteiger partial charge on any atom is 0.231 e. The summed E-state index contributed by atoms with van der Waals surface area (Å²) < 4.78 is 16.3. The maximum atomic E-state index is 5.82. The van der Waals surface area contributed by atoms with E-state index in [2.05, 4.69) is 15.3 Å². The van der Waals surface area contributed by atoms with Crippen LogP contribution < -0.4 is 19.5 Å². The molecule has 0 spiro atoms. The van der Waals surface area contributed by atoms with Gasteiger partial charge in [-0.25, -0.2) is 9.97 Å². The van der Waals surface area contributed by atoms with E-state index in [1.54, 1.807) is 13.2 Å². The lowest BCUT2D eigenvalue weighted by Gasteiger charge is -2.12. The molecule has 1 aliphatic heterocycles. The van der Waals surface area contributed by atoms with E-state index < -0.39 is 0 Å². The molecule has 0 radical (unpaired) electrons. The van der Waals surface area contributed by atoms with Crippen LogP contribution in [0.5, 0.6) is 17.2 Å². The molecule has 21 heavy (non-hydrogen) atoms. The Morgan fingerprint density at radius 3 is 3.05 bits per heavy atom. The van der Waals surface area contributed by atoms with E-state index in [-0.39, 0.29) is 6.79 Å². The first-order valence-electron chi connectivity index (χ1n) is 6.45. The number of ether oxygens (including phenoxy) is 3. The molecule has 0 saturated carbocycles. The Labute approximate surface area is 127 Å². The fourth-order valence-electron chi connectivity index (χ4n) is 2.19. The van der Waals surface area contributed by atoms with Gasteiger partial charge in [-0.1, -0.05) is 11.6 Å². The van der Waals surface area contributed by atoms with Crippen molar-refractivity contribution in [3.05, 3.63) is 35.2 Å². The molecule has 0 saturated heterocycles. The van der Waals surface area contributed by atoms with Crippen LogP contribution in [0.25, 0.3) is 0 Å². The van der Waals surface area contributed by atoms with Gasteiger partial charge in [-0.3, -0.25) is 0 Å². The van der Waals surface area contributed by atoms with Crippen LogP contribution in [0.15, 0.2) is 24.5 Å². The van der Waals surface area contributed by atoms with Crippen molar-refractivity contribution in [3.63, 3.8) is 0 Å². The lowest BCUT2D eigenvalue weighted by atomic mass is 10.1. The highest BCUT2D eigenvalue weighted by molar-refractivity contribution is 6.29. The number of fused-ring (bicyclic) bond motifs is 1. The second-order valence-corrected chi connectivity index (χ2v) is 4.77. The van der Waals surface area contributed by atoms with Crippen LogP contribution >= 0.6 is 11.6 Å². The Bertz CT molecular complexity index is 651. The third-order valence-corrected chi connectivity index (χ3v) is 3.34. The summed E-state index contributed by atoms with van der Waals surface area (Å²) in [5.74, 6) is 2.95. The van der Waals surface area contributed by atoms with Gasteiger partial charge in [0.15, 0.2) is 11.5 Å². The molecule has 7 heteroatoms. The molecule has 0 bridgehead atoms. The normalized spacial score (nSPS) is 12.3. The number of hydrogen-bond donors (Lipinski definition) is 1. The number of halogens is 1. The minimum Gasteiger partial charge on any atom is -0.496 e. The summed E-state index contributed by atoms with van der Waals surface area (Å²) in [7, 11) is 1.64. The van der Waals surface area contributed by atoms with Crippen LogP contribution in [0, 0.1) is 0 Å². The van der Waals surface area contributed by atoms with Crippen molar-refractivity contribution in [2.24, 2.45) is 0 Å². The fourth-order valence-corrected chi connectivity index (χ4v) is 2.33. The average Bonchev–Trinajstić information content (AvgIpc) is 2.96. The zero-order valence-corrected chi connectivity index (χ0v) is 12.2. The third-order valence-electron chi connectivity index (χ3n) is 3.13. The van der Waals surface area contributed by atoms with Crippen molar-refractivity contribution in [1.29, 1.82) is 0 Å². The number of aromatic nitrogens is 2. The van der Waals surface area contributed by atoms with E-state index in [0.717, 1.165) is 22.8 Å². The van der Waals surface area contributed by atoms with Gasteiger partial charge in [0.25, 0.3) is 0 Å². The van der Waals surface area contributed by atoms with Gasteiger partial charge in [-0.05, 0) is 18.6 Å². The summed E-state index contributed by atoms with van der Waals surface area (Å²) in [6.07, 6.45) is 2.12. The van der Waals surface area contributed by atoms with E-state index in [1.807, 2.05) is 12.1 Å². The van der Waals surface area contributed by atoms with E-state index >= 15 is 0 Å². The van der Waals surface area contributed by atoms with Gasteiger partial charge in [0.05, 0.1) is 7.11 Å². The molecule has 6 nitrogen and oxygen atoms in total. The summed E-state index contributed by atoms with van der Waals surface area (Å²) in [4.78, 5) is 7.93. The van der Waals surface area contributed by atoms with E-state index in [1.165, 1.54) is 6.33 Å². The lowest BCUT2D eigenvalue weighted by molar-refractivity contribution is 0.173. The highest BCUT2D eigenvalue weighted by atomic mass is 35.5. The van der Waals surface area contributed by atoms with E-state index in [0.29, 0.717) is 23.9 Å². The molecule has 3 rings (SSSR count). The van der Waals surface area contributed by atoms with Crippen LogP contribution in [0.1, 0.15) is 5.56 Å². The van der Waals surface area contributed by atoms with Crippen molar-refractivity contribution in [1.82, 2.24) is 9.97 Å². The first-order valence-corrected chi connectivity index (χ1v) is 6.82. The zero-order valence-electron chi connectivity index (χ0n) is 11.4. The van der Waals surface area contributed by atoms with Gasteiger partial charge in [-0.15, -0.1) is 0 Å². The molecule has 1 N–H and O–H groups in total. The largest absolute Gasteiger partial charge is 0.496 e. The molecule has 0 amide bonds. The van der Waals surface area contributed by atoms with Crippen molar-refractivity contribution >= 4 is 17.4 Å². The van der Waals surface area contributed by atoms with Gasteiger partial charge < -0.3 is 19.5 Å². The van der Waals surface area contributed by atoms with Crippen molar-refractivity contribution in [2.75, 3.05) is 25.8 Å². The Morgan fingerprint density at radius 1 is 1.33 bits per heavy atom. The number of nitrogens with zero attached hydrogens (tertiary/aromatic N) is 2. The molecule has 0 fully saturated rings. The molecular weight excluding hydrogens is 294 g/mol. The SMILES string of the molecule is COc1ccc2c(c1CCNc1cc(Cl)ncn1)OCO2. The molecule has 1 aromatic heterocycles. The standard InChI is InChI=1S/C14H14ClN3O3/c1-19-10-2-3-11-14(21-8-20-11)9(10)4-5-16-13-6-12(15)17-7-18-13/h2-3,6-7H,4-5,8H2,1H3,(H,16,17,18). The Balaban J connectivity index is 1.72. The number of rotatable bonds is 5. The average molecular weight is 308 g/mol. The molecule has 1 aromatic carbocycles. The molecule has 0 unspecified atom stereocenters. The predicted octanol–water partition coefficient (Wildman–Crippen LogP) is 2.52. The highest BCUT2D eigenvalue weighted by Gasteiger charge is 2.21. The summed E-state index contributed by atoms with van der Waals surface area (Å²) in [5, 5.41) is 3.59. The molecule has 2 aromatic rings. The lowest BCUT2D eigenvalue weighted by Crippen LogP contribution is -2.08. The summed E-state index contributed by atoms with van der Waals surface area (Å²) >= 11 is 5.82. The quantitative estimate of drug-likeness (QED) is 0.856. The molecule has 1 aliphatic rings. The second kappa shape index (κ2) is 6.05. The predicted molar refractivity (Wildman–Crippen MR) is 78.4 cm³/mol. The first kappa shape index (κ1) is 13.8. The minimum atomic E-state index is 0.241. The Kier molecular flexibility index (Phi) is 3.96. The Hall–Kier alpha value is -2.21. The number of methoxy groups -OCH3 is 1. The molecule has 110 valence electrons. The van der Waals surface area contributed by atoms with Gasteiger partial charge in [-0.2, -0.15) is 0 Å². The maximum absolute atomic E-state index is 5.82. The highest BCUT2D eigenvalue weighted by Crippen LogP contribution is 2.40. The molecule has 2 heterocycles. The molecular formula is C14H14ClN3O3. The van der Waals surface area contributed by atoms with Gasteiger partial charge in [0.2, 0.25) is 6.79 Å². The number of anilines is 1. The van der Waals surface area contributed by atoms with Crippen LogP contribution in [0.2, 0.25) is 5.15 Å². The second-order valence-electron chi connectivity index (χ2n) is 4.38. The summed E-state index contributed by atoms with van der Waals surface area (Å²) in [6, 6.07) is 5.40. The summed E-state index contributed by atoms with van der Waals surface area (Å²) in [6.45, 7) is 0.897. The van der Waals surface area contributed by atoms with Gasteiger partial charge >= 0.3 is 0 Å². The van der Waals surface area contributed by atoms with Crippen LogP contribution in [0.3, 0.4) is 0 Å². The van der Waals surface area contributed by atoms with Crippen LogP contribution in [-0.4, -0.2) is 30.4 Å². The zero-order chi connectivity index (χ0) is 14.7. The number of benzene rings is 1. The monoisotopic (exact) mass is 307 g/mol. The van der Waals surface area contributed by atoms with Crippen molar-refractivity contribution < 1.29 is 14.2 Å². The van der Waals surface area contributed by atoms with Crippen molar-refractivity contribution in [2.45, 2.75) is 6.42 Å². The molecule has 0 atom stereocenters. The summed E-state index contributed by atoms with van der Waals surface area (Å²) in [5.41, 5.74) is 0.972. The third kappa shape index (κ3) is 2.95. The Morgan fingerprint density at radius 2 is 2.24 bits per heavy atom. The molecule has 0 aliphatic carbocycles. The van der Waals surface area contributed by atoms with E-state index in [4.69, 9.17) is 25.8 Å². The van der Waals surface area contributed by atoms with Crippen molar-refractivity contribution in [3.8, 4) is 17.2 Å². The van der Waals surface area contributed by atoms with E-state index in [9.17, 15) is 0 Å². The van der Waals surface area contributed by atoms with Gasteiger partial charge in [0.1, 0.15) is 23.0 Å². The van der Waals surface area contributed by atoms with Gasteiger partial charge in [0, 0.05) is 18.2 Å². The number of hydrogen-bond acceptors (Lipinski definition) is 6. The first-order chi connectivity index (χ1) is 10.3. The number of nitrogens with one attached hydrogen (secondary N) is 1. The van der Waals surface area contributed by atoms with Crippen LogP contribution in [0.4, 0.5) is 5.82 Å². The smallest absolute Gasteiger partial charge is 0.231 e. The topological polar surface area (TPSA) is 65.5 Å². The van der Waals surface area contributed by atoms with Crippen LogP contribution in [-0.2, 0) is 6.42 Å². The minimum absolute atomic E-state index is 0.241.